The fourth-order valence-corrected chi connectivity index (χ4v) is 3.52. The van der Waals surface area contributed by atoms with Crippen LogP contribution in [-0.4, -0.2) is 55.1 Å². The van der Waals surface area contributed by atoms with Crippen LogP contribution in [0, 0.1) is 0 Å². The number of imidazole rings is 1. The van der Waals surface area contributed by atoms with Crippen LogP contribution in [0.3, 0.4) is 0 Å². The molecule has 0 aromatic carbocycles. The van der Waals surface area contributed by atoms with E-state index in [1.54, 1.807) is 29.3 Å². The zero-order chi connectivity index (χ0) is 18.4. The van der Waals surface area contributed by atoms with Crippen molar-refractivity contribution in [2.45, 2.75) is 0 Å². The van der Waals surface area contributed by atoms with Crippen LogP contribution >= 0.6 is 0 Å². The molecule has 0 spiro atoms. The lowest BCUT2D eigenvalue weighted by Crippen LogP contribution is -2.47. The normalized spacial score (nSPS) is 15.0. The smallest absolute Gasteiger partial charge is 0.259 e. The summed E-state index contributed by atoms with van der Waals surface area (Å²) in [5.41, 5.74) is 2.24. The Labute approximate surface area is 154 Å². The second kappa shape index (κ2) is 6.04. The molecule has 0 radical (unpaired) electrons. The third kappa shape index (κ3) is 2.59. The first kappa shape index (κ1) is 15.7. The van der Waals surface area contributed by atoms with Gasteiger partial charge in [0.25, 0.3) is 5.56 Å². The number of aryl methyl sites for hydroxylation is 1. The summed E-state index contributed by atoms with van der Waals surface area (Å²) >= 11 is 0. The average molecular weight is 362 g/mol. The molecule has 1 aliphatic heterocycles. The van der Waals surface area contributed by atoms with Gasteiger partial charge in [-0.3, -0.25) is 9.20 Å². The molecule has 0 aliphatic carbocycles. The third-order valence-electron chi connectivity index (χ3n) is 4.94. The van der Waals surface area contributed by atoms with Crippen LogP contribution in [0.25, 0.3) is 16.8 Å². The van der Waals surface area contributed by atoms with Gasteiger partial charge in [0.2, 0.25) is 0 Å². The van der Waals surface area contributed by atoms with Crippen molar-refractivity contribution in [1.29, 1.82) is 0 Å². The van der Waals surface area contributed by atoms with E-state index in [1.165, 1.54) is 0 Å². The van der Waals surface area contributed by atoms with Crippen molar-refractivity contribution in [2.24, 2.45) is 7.05 Å². The molecule has 9 heteroatoms. The molecule has 4 aromatic rings. The van der Waals surface area contributed by atoms with E-state index in [4.69, 9.17) is 0 Å². The number of pyridine rings is 1. The lowest BCUT2D eigenvalue weighted by atomic mass is 10.3. The minimum absolute atomic E-state index is 0.0657. The van der Waals surface area contributed by atoms with Crippen LogP contribution in [-0.2, 0) is 7.05 Å². The molecule has 27 heavy (non-hydrogen) atoms. The molecule has 9 nitrogen and oxygen atoms in total. The number of hydrogen-bond acceptors (Lipinski definition) is 7. The van der Waals surface area contributed by atoms with Gasteiger partial charge >= 0.3 is 0 Å². The molecule has 0 atom stereocenters. The summed E-state index contributed by atoms with van der Waals surface area (Å²) in [6.07, 6.45) is 5.07. The number of fused-ring (bicyclic) bond motifs is 2. The van der Waals surface area contributed by atoms with E-state index in [9.17, 15) is 4.79 Å². The number of hydrogen-bond donors (Lipinski definition) is 0. The summed E-state index contributed by atoms with van der Waals surface area (Å²) < 4.78 is 3.45. The van der Waals surface area contributed by atoms with Gasteiger partial charge in [0, 0.05) is 45.5 Å². The van der Waals surface area contributed by atoms with E-state index >= 15 is 0 Å². The Balaban J connectivity index is 1.41. The summed E-state index contributed by atoms with van der Waals surface area (Å²) in [6, 6.07) is 7.16. The van der Waals surface area contributed by atoms with Crippen molar-refractivity contribution in [3.05, 3.63) is 53.5 Å². The number of aromatic nitrogens is 6. The van der Waals surface area contributed by atoms with Crippen LogP contribution in [0.4, 0.5) is 11.6 Å². The molecule has 0 unspecified atom stereocenters. The van der Waals surface area contributed by atoms with Crippen LogP contribution < -0.4 is 15.4 Å². The molecule has 0 saturated carbocycles. The van der Waals surface area contributed by atoms with Gasteiger partial charge in [-0.25, -0.2) is 19.9 Å². The predicted molar refractivity (Wildman–Crippen MR) is 102 cm³/mol. The van der Waals surface area contributed by atoms with Gasteiger partial charge in [-0.15, -0.1) is 0 Å². The van der Waals surface area contributed by atoms with E-state index in [0.717, 1.165) is 49.0 Å². The Morgan fingerprint density at radius 2 is 1.81 bits per heavy atom. The maximum absolute atomic E-state index is 12.3. The topological polar surface area (TPSA) is 84.5 Å². The third-order valence-corrected chi connectivity index (χ3v) is 4.94. The molecule has 4 aromatic heterocycles. The molecule has 1 fully saturated rings. The molecule has 5 heterocycles. The highest BCUT2D eigenvalue weighted by atomic mass is 16.1. The van der Waals surface area contributed by atoms with Gasteiger partial charge < -0.3 is 14.4 Å². The molecular weight excluding hydrogens is 344 g/mol. The van der Waals surface area contributed by atoms with E-state index in [0.29, 0.717) is 5.65 Å². The van der Waals surface area contributed by atoms with Gasteiger partial charge in [-0.1, -0.05) is 6.07 Å². The van der Waals surface area contributed by atoms with Crippen LogP contribution in [0.15, 0.2) is 47.9 Å². The molecule has 1 saturated heterocycles. The quantitative estimate of drug-likeness (QED) is 0.519. The standard InChI is InChI=1S/C18H18N8O/c1-23-12-21-16-17(23)19-11-20-18(16)25-8-6-24(7-9-25)14-10-15(27)26-5-3-2-4-13(26)22-14/h2-5,10-12H,6-9H2,1H3. The van der Waals surface area contributed by atoms with E-state index < -0.39 is 0 Å². The number of nitrogens with zero attached hydrogens (tertiary/aromatic N) is 8. The number of rotatable bonds is 2. The SMILES string of the molecule is Cn1cnc2c(N3CCN(c4cc(=O)n5ccccc5n4)CC3)ncnc21. The van der Waals surface area contributed by atoms with Crippen molar-refractivity contribution in [3.63, 3.8) is 0 Å². The Morgan fingerprint density at radius 1 is 1.00 bits per heavy atom. The summed E-state index contributed by atoms with van der Waals surface area (Å²) in [6.45, 7) is 3.07. The van der Waals surface area contributed by atoms with Crippen molar-refractivity contribution in [2.75, 3.05) is 36.0 Å². The fourth-order valence-electron chi connectivity index (χ4n) is 3.52. The Bertz CT molecular complexity index is 1190. The maximum Gasteiger partial charge on any atom is 0.259 e. The molecule has 0 amide bonds. The first-order valence-electron chi connectivity index (χ1n) is 8.81. The lowest BCUT2D eigenvalue weighted by molar-refractivity contribution is 0.642. The zero-order valence-electron chi connectivity index (χ0n) is 14.9. The fraction of sp³-hybridized carbons (Fsp3) is 0.278. The summed E-state index contributed by atoms with van der Waals surface area (Å²) in [5.74, 6) is 1.57. The molecule has 0 N–H and O–H groups in total. The summed E-state index contributed by atoms with van der Waals surface area (Å²) in [7, 11) is 1.92. The van der Waals surface area contributed by atoms with Gasteiger partial charge in [0.1, 0.15) is 17.8 Å². The first-order chi connectivity index (χ1) is 13.2. The second-order valence-corrected chi connectivity index (χ2v) is 6.58. The monoisotopic (exact) mass is 362 g/mol. The van der Waals surface area contributed by atoms with Gasteiger partial charge in [-0.2, -0.15) is 0 Å². The zero-order valence-corrected chi connectivity index (χ0v) is 14.9. The molecular formula is C18H18N8O. The Hall–Kier alpha value is -3.49. The van der Waals surface area contributed by atoms with Crippen molar-refractivity contribution < 1.29 is 0 Å². The van der Waals surface area contributed by atoms with Crippen molar-refractivity contribution in [3.8, 4) is 0 Å². The van der Waals surface area contributed by atoms with E-state index in [2.05, 4.69) is 29.7 Å². The minimum atomic E-state index is -0.0657. The van der Waals surface area contributed by atoms with Gasteiger partial charge in [-0.05, 0) is 12.1 Å². The van der Waals surface area contributed by atoms with Gasteiger partial charge in [0.05, 0.1) is 6.33 Å². The Morgan fingerprint density at radius 3 is 2.67 bits per heavy atom. The van der Waals surface area contributed by atoms with E-state index in [1.807, 2.05) is 29.8 Å². The largest absolute Gasteiger partial charge is 0.353 e. The van der Waals surface area contributed by atoms with Crippen LogP contribution in [0.1, 0.15) is 0 Å². The predicted octanol–water partition coefficient (Wildman–Crippen LogP) is 0.698. The number of piperazine rings is 1. The van der Waals surface area contributed by atoms with Gasteiger partial charge in [0.15, 0.2) is 17.0 Å². The summed E-state index contributed by atoms with van der Waals surface area (Å²) in [5, 5.41) is 0. The minimum Gasteiger partial charge on any atom is -0.353 e. The van der Waals surface area contributed by atoms with Crippen LogP contribution in [0.5, 0.6) is 0 Å². The summed E-state index contributed by atoms with van der Waals surface area (Å²) in [4.78, 5) is 34.5. The molecule has 5 rings (SSSR count). The highest BCUT2D eigenvalue weighted by Crippen LogP contribution is 2.23. The Kier molecular flexibility index (Phi) is 3.52. The number of anilines is 2. The molecule has 0 bridgehead atoms. The first-order valence-corrected chi connectivity index (χ1v) is 8.81. The van der Waals surface area contributed by atoms with Crippen molar-refractivity contribution >= 4 is 28.4 Å². The molecule has 1 aliphatic rings. The lowest BCUT2D eigenvalue weighted by Gasteiger charge is -2.35. The molecule has 136 valence electrons. The van der Waals surface area contributed by atoms with Crippen LogP contribution in [0.2, 0.25) is 0 Å². The van der Waals surface area contributed by atoms with E-state index in [-0.39, 0.29) is 5.56 Å². The highest BCUT2D eigenvalue weighted by molar-refractivity contribution is 5.83. The second-order valence-electron chi connectivity index (χ2n) is 6.58. The maximum atomic E-state index is 12.3. The average Bonchev–Trinajstić information content (AvgIpc) is 3.09. The highest BCUT2D eigenvalue weighted by Gasteiger charge is 2.22. The van der Waals surface area contributed by atoms with Crippen molar-refractivity contribution in [1.82, 2.24) is 28.9 Å².